The van der Waals surface area contributed by atoms with E-state index in [-0.39, 0.29) is 17.2 Å². The molecule has 1 unspecified atom stereocenters. The zero-order valence-corrected chi connectivity index (χ0v) is 9.90. The molecule has 0 fully saturated rings. The standard InChI is InChI=1S/C10H9BrClFO/c1-6(11)10(14)9-7(5-12)3-2-4-8(9)13/h2-4,6H,5H2,1H3. The lowest BCUT2D eigenvalue weighted by molar-refractivity contribution is 0.0991. The molecule has 1 atom stereocenters. The van der Waals surface area contributed by atoms with Crippen LogP contribution in [0.2, 0.25) is 0 Å². The Morgan fingerprint density at radius 3 is 2.79 bits per heavy atom. The number of rotatable bonds is 3. The van der Waals surface area contributed by atoms with E-state index in [1.807, 2.05) is 0 Å². The van der Waals surface area contributed by atoms with Crippen molar-refractivity contribution in [1.82, 2.24) is 0 Å². The largest absolute Gasteiger partial charge is 0.293 e. The van der Waals surface area contributed by atoms with Crippen LogP contribution in [0, 0.1) is 5.82 Å². The summed E-state index contributed by atoms with van der Waals surface area (Å²) in [7, 11) is 0. The zero-order valence-electron chi connectivity index (χ0n) is 7.56. The van der Waals surface area contributed by atoms with Crippen molar-refractivity contribution in [3.05, 3.63) is 35.1 Å². The smallest absolute Gasteiger partial charge is 0.179 e. The average molecular weight is 280 g/mol. The molecule has 0 aliphatic carbocycles. The third-order valence-electron chi connectivity index (χ3n) is 1.85. The maximum atomic E-state index is 13.3. The second-order valence-electron chi connectivity index (χ2n) is 2.89. The molecule has 0 aliphatic rings. The zero-order chi connectivity index (χ0) is 10.7. The molecular formula is C10H9BrClFO. The number of carbonyl (C=O) groups excluding carboxylic acids is 1. The molecule has 0 radical (unpaired) electrons. The first-order valence-electron chi connectivity index (χ1n) is 4.09. The van der Waals surface area contributed by atoms with Gasteiger partial charge in [0, 0.05) is 5.88 Å². The lowest BCUT2D eigenvalue weighted by Gasteiger charge is -2.08. The summed E-state index contributed by atoms with van der Waals surface area (Å²) in [5.41, 5.74) is 0.620. The van der Waals surface area contributed by atoms with Crippen LogP contribution in [0.1, 0.15) is 22.8 Å². The summed E-state index contributed by atoms with van der Waals surface area (Å²) in [6, 6.07) is 4.46. The Balaban J connectivity index is 3.23. The minimum Gasteiger partial charge on any atom is -0.293 e. The maximum absolute atomic E-state index is 13.3. The van der Waals surface area contributed by atoms with Crippen LogP contribution in [0.25, 0.3) is 0 Å². The Kier molecular flexibility index (Phi) is 4.08. The van der Waals surface area contributed by atoms with E-state index in [0.29, 0.717) is 5.56 Å². The molecule has 0 spiro atoms. The highest BCUT2D eigenvalue weighted by Crippen LogP contribution is 2.19. The van der Waals surface area contributed by atoms with Gasteiger partial charge in [0.05, 0.1) is 10.4 Å². The van der Waals surface area contributed by atoms with Crippen LogP contribution < -0.4 is 0 Å². The molecule has 0 N–H and O–H groups in total. The molecular weight excluding hydrogens is 270 g/mol. The maximum Gasteiger partial charge on any atom is 0.179 e. The number of alkyl halides is 2. The molecule has 0 saturated carbocycles. The van der Waals surface area contributed by atoms with Gasteiger partial charge in [-0.05, 0) is 18.6 Å². The summed E-state index contributed by atoms with van der Waals surface area (Å²) in [5, 5.41) is 0. The number of halogens is 3. The molecule has 0 bridgehead atoms. The number of benzene rings is 1. The van der Waals surface area contributed by atoms with Crippen molar-refractivity contribution in [3.8, 4) is 0 Å². The number of carbonyl (C=O) groups is 1. The number of hydrogen-bond donors (Lipinski definition) is 0. The SMILES string of the molecule is CC(Br)C(=O)c1c(F)cccc1CCl. The average Bonchev–Trinajstić information content (AvgIpc) is 2.16. The first kappa shape index (κ1) is 11.7. The molecule has 1 aromatic carbocycles. The van der Waals surface area contributed by atoms with Crippen molar-refractivity contribution in [2.75, 3.05) is 0 Å². The fourth-order valence-corrected chi connectivity index (χ4v) is 1.61. The van der Waals surface area contributed by atoms with Gasteiger partial charge in [-0.25, -0.2) is 4.39 Å². The van der Waals surface area contributed by atoms with E-state index in [2.05, 4.69) is 15.9 Å². The van der Waals surface area contributed by atoms with Gasteiger partial charge >= 0.3 is 0 Å². The second-order valence-corrected chi connectivity index (χ2v) is 4.53. The number of Topliss-reactive ketones (excluding diaryl/α,β-unsaturated/α-hetero) is 1. The molecule has 14 heavy (non-hydrogen) atoms. The van der Waals surface area contributed by atoms with Gasteiger partial charge in [-0.2, -0.15) is 0 Å². The fourth-order valence-electron chi connectivity index (χ4n) is 1.15. The number of hydrogen-bond acceptors (Lipinski definition) is 1. The molecule has 0 amide bonds. The van der Waals surface area contributed by atoms with Gasteiger partial charge in [0.15, 0.2) is 5.78 Å². The van der Waals surface area contributed by atoms with E-state index in [1.54, 1.807) is 19.1 Å². The lowest BCUT2D eigenvalue weighted by atomic mass is 10.0. The molecule has 0 saturated heterocycles. The predicted molar refractivity (Wildman–Crippen MR) is 58.7 cm³/mol. The molecule has 0 heterocycles. The second kappa shape index (κ2) is 4.89. The van der Waals surface area contributed by atoms with Crippen molar-refractivity contribution < 1.29 is 9.18 Å². The lowest BCUT2D eigenvalue weighted by Crippen LogP contribution is -2.14. The highest BCUT2D eigenvalue weighted by atomic mass is 79.9. The first-order chi connectivity index (χ1) is 6.57. The van der Waals surface area contributed by atoms with Crippen LogP contribution in [0.4, 0.5) is 4.39 Å². The third-order valence-corrected chi connectivity index (χ3v) is 2.56. The van der Waals surface area contributed by atoms with Gasteiger partial charge in [0.1, 0.15) is 5.82 Å². The van der Waals surface area contributed by atoms with E-state index >= 15 is 0 Å². The van der Waals surface area contributed by atoms with Gasteiger partial charge in [-0.3, -0.25) is 4.79 Å². The van der Waals surface area contributed by atoms with E-state index in [9.17, 15) is 9.18 Å². The first-order valence-corrected chi connectivity index (χ1v) is 5.54. The monoisotopic (exact) mass is 278 g/mol. The van der Waals surface area contributed by atoms with E-state index < -0.39 is 10.6 Å². The van der Waals surface area contributed by atoms with Gasteiger partial charge in [0.2, 0.25) is 0 Å². The van der Waals surface area contributed by atoms with E-state index in [4.69, 9.17) is 11.6 Å². The van der Waals surface area contributed by atoms with Gasteiger partial charge in [-0.15, -0.1) is 11.6 Å². The third kappa shape index (κ3) is 2.34. The van der Waals surface area contributed by atoms with Crippen molar-refractivity contribution in [3.63, 3.8) is 0 Å². The summed E-state index contributed by atoms with van der Waals surface area (Å²) in [4.78, 5) is 11.2. The van der Waals surface area contributed by atoms with Crippen LogP contribution >= 0.6 is 27.5 Å². The highest BCUT2D eigenvalue weighted by molar-refractivity contribution is 9.10. The Morgan fingerprint density at radius 1 is 1.64 bits per heavy atom. The minimum absolute atomic E-state index is 0.0897. The highest BCUT2D eigenvalue weighted by Gasteiger charge is 2.19. The van der Waals surface area contributed by atoms with E-state index in [1.165, 1.54) is 6.07 Å². The van der Waals surface area contributed by atoms with Crippen LogP contribution in [-0.4, -0.2) is 10.6 Å². The van der Waals surface area contributed by atoms with Gasteiger partial charge in [-0.1, -0.05) is 28.1 Å². The minimum atomic E-state index is -0.514. The Hall–Kier alpha value is -0.410. The molecule has 0 aliphatic heterocycles. The normalized spacial score (nSPS) is 12.6. The van der Waals surface area contributed by atoms with Crippen LogP contribution in [0.3, 0.4) is 0 Å². The summed E-state index contributed by atoms with van der Waals surface area (Å²) in [5.74, 6) is -0.656. The Morgan fingerprint density at radius 2 is 2.29 bits per heavy atom. The Labute approximate surface area is 95.4 Å². The molecule has 1 nitrogen and oxygen atoms in total. The van der Waals surface area contributed by atoms with Gasteiger partial charge < -0.3 is 0 Å². The summed E-state index contributed by atoms with van der Waals surface area (Å²) < 4.78 is 13.3. The quantitative estimate of drug-likeness (QED) is 0.611. The van der Waals surface area contributed by atoms with Crippen LogP contribution in [0.15, 0.2) is 18.2 Å². The molecule has 1 rings (SSSR count). The summed E-state index contributed by atoms with van der Waals surface area (Å²) in [6.45, 7) is 1.66. The van der Waals surface area contributed by atoms with Gasteiger partial charge in [0.25, 0.3) is 0 Å². The summed E-state index contributed by atoms with van der Waals surface area (Å²) in [6.07, 6.45) is 0. The van der Waals surface area contributed by atoms with E-state index in [0.717, 1.165) is 0 Å². The Bertz CT molecular complexity index is 352. The molecule has 0 aromatic heterocycles. The summed E-state index contributed by atoms with van der Waals surface area (Å²) >= 11 is 8.73. The van der Waals surface area contributed by atoms with Crippen molar-refractivity contribution in [2.45, 2.75) is 17.6 Å². The molecule has 76 valence electrons. The van der Waals surface area contributed by atoms with Crippen LogP contribution in [-0.2, 0) is 5.88 Å². The van der Waals surface area contributed by atoms with Crippen LogP contribution in [0.5, 0.6) is 0 Å². The number of ketones is 1. The molecule has 4 heteroatoms. The fraction of sp³-hybridized carbons (Fsp3) is 0.300. The predicted octanol–water partition coefficient (Wildman–Crippen LogP) is 3.53. The van der Waals surface area contributed by atoms with Crippen molar-refractivity contribution in [2.24, 2.45) is 0 Å². The molecule has 1 aromatic rings. The topological polar surface area (TPSA) is 17.1 Å². The van der Waals surface area contributed by atoms with Crippen molar-refractivity contribution >= 4 is 33.3 Å². The van der Waals surface area contributed by atoms with Crippen molar-refractivity contribution in [1.29, 1.82) is 0 Å².